The van der Waals surface area contributed by atoms with E-state index in [1.54, 1.807) is 0 Å². The summed E-state index contributed by atoms with van der Waals surface area (Å²) in [6, 6.07) is 23.6. The Labute approximate surface area is 170 Å². The van der Waals surface area contributed by atoms with E-state index in [2.05, 4.69) is 36.5 Å². The van der Waals surface area contributed by atoms with Crippen LogP contribution in [0.4, 0.5) is 17.5 Å². The van der Waals surface area contributed by atoms with Crippen molar-refractivity contribution >= 4 is 55.9 Å². The van der Waals surface area contributed by atoms with Crippen molar-refractivity contribution in [2.75, 3.05) is 10.6 Å². The fraction of sp³-hybridized carbons (Fsp3) is 0.0476. The number of hydrogen-bond donors (Lipinski definition) is 2. The second-order valence-corrected chi connectivity index (χ2v) is 7.31. The van der Waals surface area contributed by atoms with E-state index in [-0.39, 0.29) is 0 Å². The molecule has 0 saturated heterocycles. The highest BCUT2D eigenvalue weighted by Gasteiger charge is 2.09. The molecular formula is C21H16BrClN4. The second-order valence-electron chi connectivity index (χ2n) is 5.99. The Morgan fingerprint density at radius 2 is 1.59 bits per heavy atom. The number of halogens is 2. The third kappa shape index (κ3) is 4.21. The van der Waals surface area contributed by atoms with E-state index in [0.717, 1.165) is 37.5 Å². The largest absolute Gasteiger partial charge is 0.365 e. The van der Waals surface area contributed by atoms with Gasteiger partial charge in [0.15, 0.2) is 0 Å². The first-order valence-electron chi connectivity index (χ1n) is 8.46. The average molecular weight is 440 g/mol. The van der Waals surface area contributed by atoms with Crippen LogP contribution in [0.2, 0.25) is 5.02 Å². The summed E-state index contributed by atoms with van der Waals surface area (Å²) in [5.41, 5.74) is 2.81. The number of para-hydroxylation sites is 1. The lowest BCUT2D eigenvalue weighted by atomic mass is 10.2. The number of rotatable bonds is 5. The van der Waals surface area contributed by atoms with Gasteiger partial charge in [0.1, 0.15) is 5.82 Å². The molecule has 1 heterocycles. The zero-order valence-corrected chi connectivity index (χ0v) is 16.6. The van der Waals surface area contributed by atoms with Crippen molar-refractivity contribution in [1.29, 1.82) is 0 Å². The minimum atomic E-state index is 0.540. The Morgan fingerprint density at radius 3 is 2.41 bits per heavy atom. The molecule has 0 atom stereocenters. The first kappa shape index (κ1) is 17.8. The molecular weight excluding hydrogens is 424 g/mol. The molecule has 0 unspecified atom stereocenters. The third-order valence-electron chi connectivity index (χ3n) is 4.11. The number of benzene rings is 3. The van der Waals surface area contributed by atoms with Gasteiger partial charge in [-0.2, -0.15) is 4.98 Å². The van der Waals surface area contributed by atoms with Gasteiger partial charge in [-0.1, -0.05) is 57.9 Å². The molecule has 4 rings (SSSR count). The molecule has 0 aliphatic carbocycles. The van der Waals surface area contributed by atoms with Gasteiger partial charge in [0.25, 0.3) is 0 Å². The maximum atomic E-state index is 6.27. The molecule has 6 heteroatoms. The summed E-state index contributed by atoms with van der Waals surface area (Å²) in [5, 5.41) is 8.36. The van der Waals surface area contributed by atoms with Crippen LogP contribution in [0.1, 0.15) is 5.56 Å². The van der Waals surface area contributed by atoms with Crippen molar-refractivity contribution in [1.82, 2.24) is 9.97 Å². The summed E-state index contributed by atoms with van der Waals surface area (Å²) in [5.74, 6) is 1.30. The summed E-state index contributed by atoms with van der Waals surface area (Å²) in [6.07, 6.45) is 0. The maximum Gasteiger partial charge on any atom is 0.229 e. The Balaban J connectivity index is 1.66. The van der Waals surface area contributed by atoms with Gasteiger partial charge in [-0.25, -0.2) is 4.98 Å². The SMILES string of the molecule is Clc1ccccc1CNc1nc(Nc2ccc(Br)cc2)nc2ccccc12. The van der Waals surface area contributed by atoms with Crippen LogP contribution in [0.25, 0.3) is 10.9 Å². The predicted octanol–water partition coefficient (Wildman–Crippen LogP) is 6.40. The summed E-state index contributed by atoms with van der Waals surface area (Å²) >= 11 is 9.71. The van der Waals surface area contributed by atoms with Crippen molar-refractivity contribution in [2.45, 2.75) is 6.54 Å². The van der Waals surface area contributed by atoms with Crippen LogP contribution < -0.4 is 10.6 Å². The number of hydrogen-bond acceptors (Lipinski definition) is 4. The topological polar surface area (TPSA) is 49.8 Å². The van der Waals surface area contributed by atoms with E-state index in [0.29, 0.717) is 12.5 Å². The van der Waals surface area contributed by atoms with Crippen LogP contribution in [-0.4, -0.2) is 9.97 Å². The van der Waals surface area contributed by atoms with Crippen molar-refractivity contribution in [3.8, 4) is 0 Å². The molecule has 0 aliphatic heterocycles. The highest BCUT2D eigenvalue weighted by Crippen LogP contribution is 2.25. The standard InChI is InChI=1S/C21H16BrClN4/c22-15-9-11-16(12-10-15)25-21-26-19-8-4-2-6-17(19)20(27-21)24-13-14-5-1-3-7-18(14)23/h1-12H,13H2,(H2,24,25,26,27). The molecule has 0 saturated carbocycles. The normalized spacial score (nSPS) is 10.7. The molecule has 0 aliphatic rings. The van der Waals surface area contributed by atoms with Gasteiger partial charge in [-0.05, 0) is 48.0 Å². The number of nitrogens with zero attached hydrogens (tertiary/aromatic N) is 2. The molecule has 4 aromatic rings. The van der Waals surface area contributed by atoms with E-state index < -0.39 is 0 Å². The van der Waals surface area contributed by atoms with Crippen molar-refractivity contribution in [2.24, 2.45) is 0 Å². The van der Waals surface area contributed by atoms with Crippen molar-refractivity contribution in [3.63, 3.8) is 0 Å². The molecule has 4 nitrogen and oxygen atoms in total. The Morgan fingerprint density at radius 1 is 0.852 bits per heavy atom. The monoisotopic (exact) mass is 438 g/mol. The summed E-state index contributed by atoms with van der Waals surface area (Å²) in [7, 11) is 0. The van der Waals surface area contributed by atoms with Crippen molar-refractivity contribution in [3.05, 3.63) is 87.9 Å². The van der Waals surface area contributed by atoms with Crippen LogP contribution >= 0.6 is 27.5 Å². The van der Waals surface area contributed by atoms with Crippen LogP contribution in [0, 0.1) is 0 Å². The van der Waals surface area contributed by atoms with Gasteiger partial charge in [-0.15, -0.1) is 0 Å². The Hall–Kier alpha value is -2.63. The Kier molecular flexibility index (Phi) is 5.23. The van der Waals surface area contributed by atoms with E-state index in [4.69, 9.17) is 11.6 Å². The number of aromatic nitrogens is 2. The highest BCUT2D eigenvalue weighted by molar-refractivity contribution is 9.10. The van der Waals surface area contributed by atoms with Gasteiger partial charge >= 0.3 is 0 Å². The highest BCUT2D eigenvalue weighted by atomic mass is 79.9. The van der Waals surface area contributed by atoms with Gasteiger partial charge in [0.2, 0.25) is 5.95 Å². The first-order valence-corrected chi connectivity index (χ1v) is 9.63. The molecule has 0 spiro atoms. The Bertz CT molecular complexity index is 1080. The summed E-state index contributed by atoms with van der Waals surface area (Å²) < 4.78 is 1.02. The first-order chi connectivity index (χ1) is 13.2. The minimum absolute atomic E-state index is 0.540. The summed E-state index contributed by atoms with van der Waals surface area (Å²) in [4.78, 5) is 9.30. The number of anilines is 3. The molecule has 0 fully saturated rings. The van der Waals surface area contributed by atoms with Crippen LogP contribution in [0.15, 0.2) is 77.3 Å². The molecule has 0 bridgehead atoms. The number of nitrogens with one attached hydrogen (secondary N) is 2. The molecule has 134 valence electrons. The lowest BCUT2D eigenvalue weighted by molar-refractivity contribution is 1.10. The van der Waals surface area contributed by atoms with Gasteiger partial charge in [0.05, 0.1) is 5.52 Å². The lowest BCUT2D eigenvalue weighted by Gasteiger charge is -2.12. The molecule has 0 radical (unpaired) electrons. The van der Waals surface area contributed by atoms with E-state index >= 15 is 0 Å². The number of fused-ring (bicyclic) bond motifs is 1. The van der Waals surface area contributed by atoms with E-state index in [1.807, 2.05) is 72.8 Å². The molecule has 3 aromatic carbocycles. The minimum Gasteiger partial charge on any atom is -0.365 e. The van der Waals surface area contributed by atoms with E-state index in [1.165, 1.54) is 0 Å². The van der Waals surface area contributed by atoms with Gasteiger partial charge in [0, 0.05) is 27.1 Å². The van der Waals surface area contributed by atoms with Crippen LogP contribution in [0.3, 0.4) is 0 Å². The van der Waals surface area contributed by atoms with Gasteiger partial charge < -0.3 is 10.6 Å². The van der Waals surface area contributed by atoms with Crippen LogP contribution in [-0.2, 0) is 6.54 Å². The van der Waals surface area contributed by atoms with Crippen molar-refractivity contribution < 1.29 is 0 Å². The average Bonchev–Trinajstić information content (AvgIpc) is 2.69. The van der Waals surface area contributed by atoms with Crippen LogP contribution in [0.5, 0.6) is 0 Å². The second kappa shape index (κ2) is 7.94. The molecule has 27 heavy (non-hydrogen) atoms. The zero-order valence-electron chi connectivity index (χ0n) is 14.3. The molecule has 2 N–H and O–H groups in total. The molecule has 1 aromatic heterocycles. The fourth-order valence-electron chi connectivity index (χ4n) is 2.75. The van der Waals surface area contributed by atoms with E-state index in [9.17, 15) is 0 Å². The van der Waals surface area contributed by atoms with Gasteiger partial charge in [-0.3, -0.25) is 0 Å². The quantitative estimate of drug-likeness (QED) is 0.378. The molecule has 0 amide bonds. The predicted molar refractivity (Wildman–Crippen MR) is 116 cm³/mol. The smallest absolute Gasteiger partial charge is 0.229 e. The fourth-order valence-corrected chi connectivity index (χ4v) is 3.22. The third-order valence-corrected chi connectivity index (χ3v) is 5.01. The maximum absolute atomic E-state index is 6.27. The lowest BCUT2D eigenvalue weighted by Crippen LogP contribution is -2.06. The summed E-state index contributed by atoms with van der Waals surface area (Å²) in [6.45, 7) is 0.582. The zero-order chi connectivity index (χ0) is 18.6.